The number of methoxy groups -OCH3 is 1. The van der Waals surface area contributed by atoms with Gasteiger partial charge < -0.3 is 9.14 Å². The summed E-state index contributed by atoms with van der Waals surface area (Å²) in [5.74, 6) is 0.746. The zero-order chi connectivity index (χ0) is 12.5. The molecule has 2 aromatic heterocycles. The number of pyridine rings is 1. The maximum atomic E-state index is 6.18. The lowest BCUT2D eigenvalue weighted by Gasteiger charge is -1.99. The quantitative estimate of drug-likeness (QED) is 0.701. The Kier molecular flexibility index (Phi) is 2.68. The van der Waals surface area contributed by atoms with Crippen LogP contribution < -0.4 is 4.74 Å². The number of hydrogen-bond acceptors (Lipinski definition) is 2. The first-order chi connectivity index (χ1) is 8.79. The Morgan fingerprint density at radius 2 is 2.00 bits per heavy atom. The summed E-state index contributed by atoms with van der Waals surface area (Å²) < 4.78 is 7.22. The molecule has 0 radical (unpaired) electrons. The molecule has 3 nitrogen and oxygen atoms in total. The molecule has 0 bridgehead atoms. The molecule has 0 atom stereocenters. The summed E-state index contributed by atoms with van der Waals surface area (Å²) in [7, 11) is 1.64. The van der Waals surface area contributed by atoms with Crippen LogP contribution in [0, 0.1) is 0 Å². The van der Waals surface area contributed by atoms with Crippen molar-refractivity contribution >= 4 is 17.2 Å². The molecule has 3 rings (SSSR count). The smallest absolute Gasteiger partial charge is 0.180 e. The van der Waals surface area contributed by atoms with Crippen molar-refractivity contribution in [1.82, 2.24) is 9.38 Å². The highest BCUT2D eigenvalue weighted by molar-refractivity contribution is 6.33. The minimum absolute atomic E-state index is 0.694. The van der Waals surface area contributed by atoms with Crippen LogP contribution in [0.1, 0.15) is 0 Å². The van der Waals surface area contributed by atoms with E-state index < -0.39 is 0 Å². The van der Waals surface area contributed by atoms with Gasteiger partial charge in [0, 0.05) is 18.0 Å². The Morgan fingerprint density at radius 1 is 1.17 bits per heavy atom. The summed E-state index contributed by atoms with van der Waals surface area (Å²) in [5, 5.41) is 0.694. The number of benzene rings is 1. The first kappa shape index (κ1) is 11.1. The fraction of sp³-hybridized carbons (Fsp3) is 0.0714. The van der Waals surface area contributed by atoms with Crippen LogP contribution in [0.2, 0.25) is 5.02 Å². The minimum atomic E-state index is 0.694. The summed E-state index contributed by atoms with van der Waals surface area (Å²) >= 11 is 6.18. The molecular weight excluding hydrogens is 248 g/mol. The van der Waals surface area contributed by atoms with E-state index in [9.17, 15) is 0 Å². The summed E-state index contributed by atoms with van der Waals surface area (Å²) in [6, 6.07) is 11.5. The molecule has 3 aromatic rings. The number of aromatic nitrogens is 2. The van der Waals surface area contributed by atoms with Crippen molar-refractivity contribution in [3.05, 3.63) is 53.8 Å². The summed E-state index contributed by atoms with van der Waals surface area (Å²) in [6.45, 7) is 0. The number of imidazole rings is 1. The normalized spacial score (nSPS) is 10.8. The molecule has 4 heteroatoms. The van der Waals surface area contributed by atoms with Crippen molar-refractivity contribution in [2.24, 2.45) is 0 Å². The predicted molar refractivity (Wildman–Crippen MR) is 72.2 cm³/mol. The summed E-state index contributed by atoms with van der Waals surface area (Å²) in [5.41, 5.74) is 2.55. The maximum absolute atomic E-state index is 6.18. The third-order valence-corrected chi connectivity index (χ3v) is 3.15. The minimum Gasteiger partial charge on any atom is -0.493 e. The standard InChI is InChI=1S/C14H11ClN2O/c1-18-13-7-4-8-17-9-12(16-14(13)17)10-5-2-3-6-11(10)15/h2-9H,1H3. The van der Waals surface area contributed by atoms with Gasteiger partial charge in [0.1, 0.15) is 0 Å². The molecule has 18 heavy (non-hydrogen) atoms. The van der Waals surface area contributed by atoms with E-state index >= 15 is 0 Å². The summed E-state index contributed by atoms with van der Waals surface area (Å²) in [4.78, 5) is 4.57. The van der Waals surface area contributed by atoms with E-state index in [-0.39, 0.29) is 0 Å². The Morgan fingerprint density at radius 3 is 2.78 bits per heavy atom. The zero-order valence-corrected chi connectivity index (χ0v) is 10.6. The van der Waals surface area contributed by atoms with Gasteiger partial charge >= 0.3 is 0 Å². The predicted octanol–water partition coefficient (Wildman–Crippen LogP) is 3.66. The Labute approximate surface area is 110 Å². The van der Waals surface area contributed by atoms with E-state index in [1.165, 1.54) is 0 Å². The van der Waals surface area contributed by atoms with Gasteiger partial charge in [-0.05, 0) is 18.2 Å². The Hall–Kier alpha value is -2.00. The lowest BCUT2D eigenvalue weighted by molar-refractivity contribution is 0.417. The molecule has 0 N–H and O–H groups in total. The molecule has 0 fully saturated rings. The van der Waals surface area contributed by atoms with Crippen molar-refractivity contribution in [2.45, 2.75) is 0 Å². The Balaban J connectivity index is 2.23. The van der Waals surface area contributed by atoms with Gasteiger partial charge in [-0.2, -0.15) is 0 Å². The second kappa shape index (κ2) is 4.35. The van der Waals surface area contributed by atoms with E-state index in [2.05, 4.69) is 4.98 Å². The van der Waals surface area contributed by atoms with Crippen molar-refractivity contribution in [3.8, 4) is 17.0 Å². The molecule has 90 valence electrons. The van der Waals surface area contributed by atoms with E-state index in [1.54, 1.807) is 7.11 Å². The molecule has 0 aliphatic carbocycles. The lowest BCUT2D eigenvalue weighted by Crippen LogP contribution is -1.88. The first-order valence-electron chi connectivity index (χ1n) is 5.56. The highest BCUT2D eigenvalue weighted by atomic mass is 35.5. The Bertz CT molecular complexity index is 706. The van der Waals surface area contributed by atoms with Crippen LogP contribution in [-0.4, -0.2) is 16.5 Å². The molecule has 0 aliphatic rings. The van der Waals surface area contributed by atoms with Crippen LogP contribution in [0.3, 0.4) is 0 Å². The summed E-state index contributed by atoms with van der Waals surface area (Å²) in [6.07, 6.45) is 3.88. The molecule has 0 unspecified atom stereocenters. The van der Waals surface area contributed by atoms with Crippen LogP contribution in [0.25, 0.3) is 16.9 Å². The number of ether oxygens (including phenoxy) is 1. The molecule has 2 heterocycles. The van der Waals surface area contributed by atoms with Crippen molar-refractivity contribution in [3.63, 3.8) is 0 Å². The highest BCUT2D eigenvalue weighted by Gasteiger charge is 2.10. The van der Waals surface area contributed by atoms with Gasteiger partial charge in [0.2, 0.25) is 0 Å². The average molecular weight is 259 g/mol. The van der Waals surface area contributed by atoms with Crippen LogP contribution in [0.15, 0.2) is 48.8 Å². The number of halogens is 1. The number of hydrogen-bond donors (Lipinski definition) is 0. The molecule has 0 aliphatic heterocycles. The van der Waals surface area contributed by atoms with Crippen molar-refractivity contribution in [2.75, 3.05) is 7.11 Å². The maximum Gasteiger partial charge on any atom is 0.180 e. The molecule has 0 saturated carbocycles. The zero-order valence-electron chi connectivity index (χ0n) is 9.80. The van der Waals surface area contributed by atoms with Gasteiger partial charge in [-0.1, -0.05) is 29.8 Å². The van der Waals surface area contributed by atoms with Gasteiger partial charge in [0.15, 0.2) is 11.4 Å². The van der Waals surface area contributed by atoms with Crippen molar-refractivity contribution in [1.29, 1.82) is 0 Å². The molecule has 0 spiro atoms. The van der Waals surface area contributed by atoms with Gasteiger partial charge in [0.05, 0.1) is 17.8 Å². The van der Waals surface area contributed by atoms with Gasteiger partial charge in [-0.15, -0.1) is 0 Å². The van der Waals surface area contributed by atoms with Crippen LogP contribution in [-0.2, 0) is 0 Å². The molecular formula is C14H11ClN2O. The molecule has 1 aromatic carbocycles. The van der Waals surface area contributed by atoms with Gasteiger partial charge in [-0.3, -0.25) is 0 Å². The molecule has 0 saturated heterocycles. The number of rotatable bonds is 2. The largest absolute Gasteiger partial charge is 0.493 e. The third-order valence-electron chi connectivity index (χ3n) is 2.82. The fourth-order valence-electron chi connectivity index (χ4n) is 1.95. The van der Waals surface area contributed by atoms with Crippen molar-refractivity contribution < 1.29 is 4.74 Å². The first-order valence-corrected chi connectivity index (χ1v) is 5.94. The second-order valence-electron chi connectivity index (χ2n) is 3.91. The molecule has 0 amide bonds. The third kappa shape index (κ3) is 1.73. The van der Waals surface area contributed by atoms with E-state index in [0.717, 1.165) is 22.7 Å². The average Bonchev–Trinajstić information content (AvgIpc) is 2.82. The van der Waals surface area contributed by atoms with Crippen LogP contribution >= 0.6 is 11.6 Å². The van der Waals surface area contributed by atoms with E-state index in [4.69, 9.17) is 16.3 Å². The fourth-order valence-corrected chi connectivity index (χ4v) is 2.18. The second-order valence-corrected chi connectivity index (χ2v) is 4.32. The van der Waals surface area contributed by atoms with Crippen LogP contribution in [0.4, 0.5) is 0 Å². The van der Waals surface area contributed by atoms with Crippen LogP contribution in [0.5, 0.6) is 5.75 Å². The number of nitrogens with zero attached hydrogens (tertiary/aromatic N) is 2. The topological polar surface area (TPSA) is 26.5 Å². The number of fused-ring (bicyclic) bond motifs is 1. The van der Waals surface area contributed by atoms with Gasteiger partial charge in [0.25, 0.3) is 0 Å². The monoisotopic (exact) mass is 258 g/mol. The van der Waals surface area contributed by atoms with E-state index in [0.29, 0.717) is 5.02 Å². The van der Waals surface area contributed by atoms with E-state index in [1.807, 2.05) is 53.2 Å². The SMILES string of the molecule is COc1cccn2cc(-c3ccccc3Cl)nc12. The highest BCUT2D eigenvalue weighted by Crippen LogP contribution is 2.28. The van der Waals surface area contributed by atoms with Gasteiger partial charge in [-0.25, -0.2) is 4.98 Å². The lowest BCUT2D eigenvalue weighted by atomic mass is 10.2.